The molecule has 3 rings (SSSR count). The van der Waals surface area contributed by atoms with Crippen molar-refractivity contribution in [3.05, 3.63) is 35.7 Å². The van der Waals surface area contributed by atoms with E-state index in [0.717, 1.165) is 31.5 Å². The lowest BCUT2D eigenvalue weighted by Gasteiger charge is -2.16. The summed E-state index contributed by atoms with van der Waals surface area (Å²) in [5.41, 5.74) is 0.816. The molecule has 2 aromatic rings. The minimum Gasteiger partial charge on any atom is -0.493 e. The highest BCUT2D eigenvalue weighted by Gasteiger charge is 2.17. The van der Waals surface area contributed by atoms with Gasteiger partial charge in [0.1, 0.15) is 0 Å². The SMILES string of the molecule is COc1nc(CNC(=O)/C=C/c2ccc(OC)c(OC)c2)nc(N2CCCC2)n1. The average Bonchev–Trinajstić information content (AvgIpc) is 3.30. The summed E-state index contributed by atoms with van der Waals surface area (Å²) in [4.78, 5) is 27.3. The minimum absolute atomic E-state index is 0.175. The molecule has 0 radical (unpaired) electrons. The molecule has 9 heteroatoms. The molecule has 0 unspecified atom stereocenters. The van der Waals surface area contributed by atoms with Crippen molar-refractivity contribution in [3.63, 3.8) is 0 Å². The van der Waals surface area contributed by atoms with Gasteiger partial charge in [-0.2, -0.15) is 15.0 Å². The normalized spacial score (nSPS) is 13.6. The first-order chi connectivity index (χ1) is 14.1. The number of amides is 1. The Labute approximate surface area is 169 Å². The van der Waals surface area contributed by atoms with Crippen LogP contribution < -0.4 is 24.4 Å². The molecule has 0 bridgehead atoms. The van der Waals surface area contributed by atoms with Crippen molar-refractivity contribution in [2.24, 2.45) is 0 Å². The van der Waals surface area contributed by atoms with Crippen LogP contribution in [0.25, 0.3) is 6.08 Å². The summed E-state index contributed by atoms with van der Waals surface area (Å²) in [7, 11) is 4.65. The van der Waals surface area contributed by atoms with E-state index in [1.165, 1.54) is 13.2 Å². The number of hydrogen-bond donors (Lipinski definition) is 1. The summed E-state index contributed by atoms with van der Waals surface area (Å²) in [6, 6.07) is 5.66. The molecular formula is C20H25N5O4. The Balaban J connectivity index is 1.63. The summed E-state index contributed by atoms with van der Waals surface area (Å²) in [5.74, 6) is 2.00. The quantitative estimate of drug-likeness (QED) is 0.672. The van der Waals surface area contributed by atoms with Crippen LogP contribution in [0.15, 0.2) is 24.3 Å². The van der Waals surface area contributed by atoms with Crippen LogP contribution in [-0.2, 0) is 11.3 Å². The average molecular weight is 399 g/mol. The fourth-order valence-corrected chi connectivity index (χ4v) is 2.97. The molecule has 1 N–H and O–H groups in total. The van der Waals surface area contributed by atoms with Crippen molar-refractivity contribution < 1.29 is 19.0 Å². The maximum Gasteiger partial charge on any atom is 0.321 e. The zero-order valence-corrected chi connectivity index (χ0v) is 16.8. The number of nitrogens with one attached hydrogen (secondary N) is 1. The number of methoxy groups -OCH3 is 3. The molecule has 2 heterocycles. The van der Waals surface area contributed by atoms with Gasteiger partial charge in [-0.05, 0) is 36.6 Å². The molecule has 1 fully saturated rings. The number of carbonyl (C=O) groups is 1. The number of aromatic nitrogens is 3. The van der Waals surface area contributed by atoms with E-state index in [-0.39, 0.29) is 18.5 Å². The van der Waals surface area contributed by atoms with Crippen LogP contribution in [0, 0.1) is 0 Å². The van der Waals surface area contributed by atoms with Gasteiger partial charge in [0.05, 0.1) is 27.9 Å². The Bertz CT molecular complexity index is 881. The molecule has 1 aromatic carbocycles. The van der Waals surface area contributed by atoms with Gasteiger partial charge in [-0.1, -0.05) is 6.07 Å². The molecule has 0 atom stereocenters. The number of nitrogens with zero attached hydrogens (tertiary/aromatic N) is 4. The van der Waals surface area contributed by atoms with Gasteiger partial charge in [0, 0.05) is 19.2 Å². The Morgan fingerprint density at radius 1 is 1.07 bits per heavy atom. The predicted octanol–water partition coefficient (Wildman–Crippen LogP) is 1.83. The zero-order valence-electron chi connectivity index (χ0n) is 16.8. The largest absolute Gasteiger partial charge is 0.493 e. The van der Waals surface area contributed by atoms with Gasteiger partial charge in [-0.3, -0.25) is 4.79 Å². The first-order valence-corrected chi connectivity index (χ1v) is 9.34. The first-order valence-electron chi connectivity index (χ1n) is 9.34. The van der Waals surface area contributed by atoms with Crippen LogP contribution >= 0.6 is 0 Å². The molecular weight excluding hydrogens is 374 g/mol. The van der Waals surface area contributed by atoms with Crippen molar-refractivity contribution >= 4 is 17.9 Å². The highest BCUT2D eigenvalue weighted by molar-refractivity contribution is 5.91. The van der Waals surface area contributed by atoms with Gasteiger partial charge < -0.3 is 24.4 Å². The van der Waals surface area contributed by atoms with Crippen LogP contribution in [0.2, 0.25) is 0 Å². The van der Waals surface area contributed by atoms with E-state index >= 15 is 0 Å². The van der Waals surface area contributed by atoms with Crippen LogP contribution in [0.5, 0.6) is 17.5 Å². The van der Waals surface area contributed by atoms with Crippen molar-refractivity contribution in [1.82, 2.24) is 20.3 Å². The van der Waals surface area contributed by atoms with Gasteiger partial charge in [-0.15, -0.1) is 0 Å². The van der Waals surface area contributed by atoms with Gasteiger partial charge >= 0.3 is 6.01 Å². The standard InChI is InChI=1S/C20H25N5O4/c1-27-15-8-6-14(12-16(15)28-2)7-9-18(26)21-13-17-22-19(24-20(23-17)29-3)25-10-4-5-11-25/h6-9,12H,4-5,10-11,13H2,1-3H3,(H,21,26)/b9-7+. The van der Waals surface area contributed by atoms with Crippen molar-refractivity contribution in [2.45, 2.75) is 19.4 Å². The monoisotopic (exact) mass is 399 g/mol. The minimum atomic E-state index is -0.262. The predicted molar refractivity (Wildman–Crippen MR) is 108 cm³/mol. The van der Waals surface area contributed by atoms with E-state index in [2.05, 4.69) is 25.2 Å². The Morgan fingerprint density at radius 3 is 2.52 bits per heavy atom. The Morgan fingerprint density at radius 2 is 1.83 bits per heavy atom. The molecule has 1 aromatic heterocycles. The molecule has 1 amide bonds. The van der Waals surface area contributed by atoms with E-state index in [4.69, 9.17) is 14.2 Å². The van der Waals surface area contributed by atoms with Crippen LogP contribution in [0.3, 0.4) is 0 Å². The molecule has 1 aliphatic rings. The number of ether oxygens (including phenoxy) is 3. The van der Waals surface area contributed by atoms with Gasteiger partial charge in [0.25, 0.3) is 0 Å². The van der Waals surface area contributed by atoms with Crippen molar-refractivity contribution in [3.8, 4) is 17.5 Å². The third-order valence-electron chi connectivity index (χ3n) is 4.48. The summed E-state index contributed by atoms with van der Waals surface area (Å²) < 4.78 is 15.6. The maximum atomic E-state index is 12.2. The van der Waals surface area contributed by atoms with Crippen molar-refractivity contribution in [2.75, 3.05) is 39.3 Å². The molecule has 0 spiro atoms. The fourth-order valence-electron chi connectivity index (χ4n) is 2.97. The summed E-state index contributed by atoms with van der Waals surface area (Å²) in [5, 5.41) is 2.78. The summed E-state index contributed by atoms with van der Waals surface area (Å²) in [6.45, 7) is 1.99. The fraction of sp³-hybridized carbons (Fsp3) is 0.400. The highest BCUT2D eigenvalue weighted by atomic mass is 16.5. The van der Waals surface area contributed by atoms with E-state index in [1.807, 2.05) is 6.07 Å². The molecule has 1 aliphatic heterocycles. The highest BCUT2D eigenvalue weighted by Crippen LogP contribution is 2.27. The van der Waals surface area contributed by atoms with E-state index < -0.39 is 0 Å². The molecule has 29 heavy (non-hydrogen) atoms. The lowest BCUT2D eigenvalue weighted by Crippen LogP contribution is -2.25. The Kier molecular flexibility index (Phi) is 6.83. The van der Waals surface area contributed by atoms with Crippen molar-refractivity contribution in [1.29, 1.82) is 0 Å². The zero-order chi connectivity index (χ0) is 20.6. The molecule has 0 saturated carbocycles. The van der Waals surface area contributed by atoms with Gasteiger partial charge in [0.2, 0.25) is 11.9 Å². The van der Waals surface area contributed by atoms with Crippen LogP contribution in [0.1, 0.15) is 24.2 Å². The number of rotatable bonds is 8. The number of anilines is 1. The number of hydrogen-bond acceptors (Lipinski definition) is 8. The lowest BCUT2D eigenvalue weighted by atomic mass is 10.2. The number of benzene rings is 1. The second-order valence-corrected chi connectivity index (χ2v) is 6.40. The second-order valence-electron chi connectivity index (χ2n) is 6.40. The smallest absolute Gasteiger partial charge is 0.321 e. The molecule has 1 saturated heterocycles. The summed E-state index contributed by atoms with van der Waals surface area (Å²) >= 11 is 0. The van der Waals surface area contributed by atoms with Gasteiger partial charge in [0.15, 0.2) is 17.3 Å². The van der Waals surface area contributed by atoms with E-state index in [0.29, 0.717) is 23.3 Å². The molecule has 0 aliphatic carbocycles. The second kappa shape index (κ2) is 9.72. The lowest BCUT2D eigenvalue weighted by molar-refractivity contribution is -0.116. The maximum absolute atomic E-state index is 12.2. The molecule has 154 valence electrons. The first kappa shape index (κ1) is 20.4. The Hall–Kier alpha value is -3.36. The number of carbonyl (C=O) groups excluding carboxylic acids is 1. The van der Waals surface area contributed by atoms with E-state index in [9.17, 15) is 4.79 Å². The topological polar surface area (TPSA) is 98.7 Å². The molecule has 9 nitrogen and oxygen atoms in total. The van der Waals surface area contributed by atoms with Crippen LogP contribution in [-0.4, -0.2) is 55.3 Å². The third-order valence-corrected chi connectivity index (χ3v) is 4.48. The van der Waals surface area contributed by atoms with Crippen LogP contribution in [0.4, 0.5) is 5.95 Å². The third kappa shape index (κ3) is 5.34. The summed E-state index contributed by atoms with van der Waals surface area (Å²) in [6.07, 6.45) is 5.37. The van der Waals surface area contributed by atoms with E-state index in [1.54, 1.807) is 32.4 Å². The van der Waals surface area contributed by atoms with Gasteiger partial charge in [-0.25, -0.2) is 0 Å².